The minimum absolute atomic E-state index is 0.263. The molecule has 1 aliphatic rings. The first kappa shape index (κ1) is 10.1. The molecule has 0 fully saturated rings. The fraction of sp³-hybridized carbons (Fsp3) is 0.727. The number of rotatable bonds is 3. The summed E-state index contributed by atoms with van der Waals surface area (Å²) < 4.78 is 0. The van der Waals surface area contributed by atoms with Gasteiger partial charge in [-0.05, 0) is 19.3 Å². The summed E-state index contributed by atoms with van der Waals surface area (Å²) in [5.41, 5.74) is 0. The van der Waals surface area contributed by atoms with Crippen LogP contribution in [-0.4, -0.2) is 11.1 Å². The van der Waals surface area contributed by atoms with Gasteiger partial charge in [-0.2, -0.15) is 0 Å². The lowest BCUT2D eigenvalue weighted by molar-refractivity contribution is -0.137. The molecular weight excluding hydrogens is 164 g/mol. The highest BCUT2D eigenvalue weighted by Gasteiger charge is 2.08. The predicted molar refractivity (Wildman–Crippen MR) is 51.2 cm³/mol. The van der Waals surface area contributed by atoms with E-state index in [1.807, 2.05) is 0 Å². The largest absolute Gasteiger partial charge is 0.481 e. The fourth-order valence-corrected chi connectivity index (χ4v) is 1.58. The van der Waals surface area contributed by atoms with Crippen molar-refractivity contribution < 1.29 is 9.90 Å². The molecule has 0 aromatic heterocycles. The molecule has 2 nitrogen and oxygen atoms in total. The lowest BCUT2D eigenvalue weighted by Crippen LogP contribution is -2.03. The lowest BCUT2D eigenvalue weighted by atomic mass is 9.94. The van der Waals surface area contributed by atoms with Gasteiger partial charge in [-0.15, -0.1) is 5.92 Å². The van der Waals surface area contributed by atoms with Gasteiger partial charge in [0.05, 0.1) is 0 Å². The molecule has 72 valence electrons. The summed E-state index contributed by atoms with van der Waals surface area (Å²) in [6, 6.07) is 0. The zero-order valence-electron chi connectivity index (χ0n) is 7.88. The highest BCUT2D eigenvalue weighted by Crippen LogP contribution is 2.17. The number of carboxylic acids is 1. The lowest BCUT2D eigenvalue weighted by Gasteiger charge is -2.10. The number of carbonyl (C=O) groups is 1. The topological polar surface area (TPSA) is 37.3 Å². The molecule has 0 radical (unpaired) electrons. The van der Waals surface area contributed by atoms with Crippen LogP contribution in [0.15, 0.2) is 0 Å². The molecule has 0 saturated heterocycles. The standard InChI is InChI=1S/C11H16O2/c12-11(13)9-8-10-6-4-2-1-3-5-7-10/h10H,1-4,6,8-9H2,(H,12,13). The van der Waals surface area contributed by atoms with E-state index in [4.69, 9.17) is 5.11 Å². The van der Waals surface area contributed by atoms with E-state index in [1.165, 1.54) is 19.3 Å². The molecule has 1 aliphatic carbocycles. The van der Waals surface area contributed by atoms with Gasteiger partial charge in [0.1, 0.15) is 0 Å². The van der Waals surface area contributed by atoms with Gasteiger partial charge in [-0.1, -0.05) is 18.8 Å². The van der Waals surface area contributed by atoms with Crippen LogP contribution in [0, 0.1) is 17.8 Å². The van der Waals surface area contributed by atoms with Crippen molar-refractivity contribution in [2.75, 3.05) is 0 Å². The third kappa shape index (κ3) is 4.57. The molecule has 0 aromatic carbocycles. The summed E-state index contributed by atoms with van der Waals surface area (Å²) in [4.78, 5) is 10.3. The van der Waals surface area contributed by atoms with Gasteiger partial charge in [-0.3, -0.25) is 4.79 Å². The molecule has 1 rings (SSSR count). The number of carboxylic acid groups (broad SMARTS) is 1. The molecular formula is C11H16O2. The van der Waals surface area contributed by atoms with Crippen LogP contribution in [0.2, 0.25) is 0 Å². The summed E-state index contributed by atoms with van der Waals surface area (Å²) in [5, 5.41) is 8.52. The van der Waals surface area contributed by atoms with E-state index in [0.717, 1.165) is 19.3 Å². The minimum Gasteiger partial charge on any atom is -0.481 e. The van der Waals surface area contributed by atoms with Gasteiger partial charge in [-0.25, -0.2) is 0 Å². The van der Waals surface area contributed by atoms with Crippen LogP contribution in [0.1, 0.15) is 44.9 Å². The van der Waals surface area contributed by atoms with Crippen LogP contribution in [0.3, 0.4) is 0 Å². The number of hydrogen-bond donors (Lipinski definition) is 1. The molecule has 2 heteroatoms. The third-order valence-electron chi connectivity index (χ3n) is 2.37. The first-order chi connectivity index (χ1) is 6.29. The Kier molecular flexibility index (Phi) is 4.39. The van der Waals surface area contributed by atoms with E-state index in [1.54, 1.807) is 0 Å². The average molecular weight is 180 g/mol. The van der Waals surface area contributed by atoms with Crippen LogP contribution >= 0.6 is 0 Å². The van der Waals surface area contributed by atoms with Crippen molar-refractivity contribution in [3.05, 3.63) is 0 Å². The van der Waals surface area contributed by atoms with Gasteiger partial charge in [0.2, 0.25) is 0 Å². The molecule has 0 spiro atoms. The van der Waals surface area contributed by atoms with Crippen LogP contribution < -0.4 is 0 Å². The van der Waals surface area contributed by atoms with Gasteiger partial charge in [0.15, 0.2) is 0 Å². The summed E-state index contributed by atoms with van der Waals surface area (Å²) in [6.07, 6.45) is 6.72. The first-order valence-electron chi connectivity index (χ1n) is 4.99. The molecule has 0 amide bonds. The summed E-state index contributed by atoms with van der Waals surface area (Å²) in [6.45, 7) is 0. The van der Waals surface area contributed by atoms with Gasteiger partial charge in [0.25, 0.3) is 0 Å². The van der Waals surface area contributed by atoms with E-state index in [9.17, 15) is 4.79 Å². The van der Waals surface area contributed by atoms with Crippen LogP contribution in [0.5, 0.6) is 0 Å². The molecule has 0 aromatic rings. The molecule has 1 atom stereocenters. The fourth-order valence-electron chi connectivity index (χ4n) is 1.58. The zero-order valence-corrected chi connectivity index (χ0v) is 7.88. The summed E-state index contributed by atoms with van der Waals surface area (Å²) >= 11 is 0. The van der Waals surface area contributed by atoms with Gasteiger partial charge in [0, 0.05) is 18.8 Å². The Morgan fingerprint density at radius 2 is 2.23 bits per heavy atom. The maximum absolute atomic E-state index is 10.3. The van der Waals surface area contributed by atoms with Crippen molar-refractivity contribution >= 4 is 5.97 Å². The van der Waals surface area contributed by atoms with Crippen LogP contribution in [0.25, 0.3) is 0 Å². The molecule has 1 unspecified atom stereocenters. The van der Waals surface area contributed by atoms with Gasteiger partial charge < -0.3 is 5.11 Å². The monoisotopic (exact) mass is 180 g/mol. The zero-order chi connectivity index (χ0) is 9.52. The highest BCUT2D eigenvalue weighted by molar-refractivity contribution is 5.66. The van der Waals surface area contributed by atoms with E-state index < -0.39 is 5.97 Å². The van der Waals surface area contributed by atoms with Crippen LogP contribution in [-0.2, 0) is 4.79 Å². The maximum atomic E-state index is 10.3. The van der Waals surface area contributed by atoms with Crippen molar-refractivity contribution in [1.82, 2.24) is 0 Å². The van der Waals surface area contributed by atoms with E-state index in [0.29, 0.717) is 5.92 Å². The Bertz CT molecular complexity index is 222. The van der Waals surface area contributed by atoms with Gasteiger partial charge >= 0.3 is 5.97 Å². The molecule has 0 saturated carbocycles. The normalized spacial score (nSPS) is 22.3. The molecule has 0 aliphatic heterocycles. The SMILES string of the molecule is O=C(O)CCC1C#CCCCCC1. The molecule has 0 bridgehead atoms. The Balaban J connectivity index is 2.32. The summed E-state index contributed by atoms with van der Waals surface area (Å²) in [5.74, 6) is 5.91. The number of hydrogen-bond acceptors (Lipinski definition) is 1. The summed E-state index contributed by atoms with van der Waals surface area (Å²) in [7, 11) is 0. The third-order valence-corrected chi connectivity index (χ3v) is 2.37. The Hall–Kier alpha value is -0.970. The van der Waals surface area contributed by atoms with E-state index in [2.05, 4.69) is 11.8 Å². The Morgan fingerprint density at radius 3 is 3.00 bits per heavy atom. The molecule has 1 N–H and O–H groups in total. The second-order valence-electron chi connectivity index (χ2n) is 3.55. The van der Waals surface area contributed by atoms with Crippen molar-refractivity contribution in [2.45, 2.75) is 44.9 Å². The smallest absolute Gasteiger partial charge is 0.303 e. The predicted octanol–water partition coefficient (Wildman–Crippen LogP) is 2.43. The quantitative estimate of drug-likeness (QED) is 0.677. The highest BCUT2D eigenvalue weighted by atomic mass is 16.4. The minimum atomic E-state index is -0.705. The van der Waals surface area contributed by atoms with E-state index in [-0.39, 0.29) is 6.42 Å². The van der Waals surface area contributed by atoms with Crippen molar-refractivity contribution in [1.29, 1.82) is 0 Å². The van der Waals surface area contributed by atoms with E-state index >= 15 is 0 Å². The Morgan fingerprint density at radius 1 is 1.38 bits per heavy atom. The van der Waals surface area contributed by atoms with Crippen molar-refractivity contribution in [3.8, 4) is 11.8 Å². The second-order valence-corrected chi connectivity index (χ2v) is 3.55. The Labute approximate surface area is 79.3 Å². The van der Waals surface area contributed by atoms with Crippen molar-refractivity contribution in [2.24, 2.45) is 5.92 Å². The molecule has 0 heterocycles. The molecule has 13 heavy (non-hydrogen) atoms. The average Bonchev–Trinajstić information content (AvgIpc) is 2.01. The van der Waals surface area contributed by atoms with Crippen molar-refractivity contribution in [3.63, 3.8) is 0 Å². The number of aliphatic carboxylic acids is 1. The first-order valence-corrected chi connectivity index (χ1v) is 4.99. The second kappa shape index (κ2) is 5.64. The maximum Gasteiger partial charge on any atom is 0.303 e. The van der Waals surface area contributed by atoms with Crippen LogP contribution in [0.4, 0.5) is 0 Å².